The molecule has 2 aromatic heterocycles. The molecule has 2 N–H and O–H groups in total. The first-order chi connectivity index (χ1) is 17.5. The first-order valence-electron chi connectivity index (χ1n) is 12.5. The number of methoxy groups -OCH3 is 2. The maximum atomic E-state index is 14.0. The van der Waals surface area contributed by atoms with Gasteiger partial charge in [-0.2, -0.15) is 5.10 Å². The van der Waals surface area contributed by atoms with Gasteiger partial charge >= 0.3 is 6.09 Å². The van der Waals surface area contributed by atoms with Crippen molar-refractivity contribution in [2.75, 3.05) is 26.1 Å². The van der Waals surface area contributed by atoms with Gasteiger partial charge in [-0.15, -0.1) is 0 Å². The van der Waals surface area contributed by atoms with Crippen molar-refractivity contribution in [1.82, 2.24) is 20.1 Å². The molecule has 0 radical (unpaired) electrons. The van der Waals surface area contributed by atoms with Gasteiger partial charge in [0.15, 0.2) is 0 Å². The van der Waals surface area contributed by atoms with Crippen molar-refractivity contribution in [1.29, 1.82) is 0 Å². The van der Waals surface area contributed by atoms with E-state index in [-0.39, 0.29) is 24.3 Å². The fourth-order valence-electron chi connectivity index (χ4n) is 4.56. The zero-order valence-electron chi connectivity index (χ0n) is 22.4. The second-order valence-corrected chi connectivity index (χ2v) is 10.6. The van der Waals surface area contributed by atoms with E-state index in [0.717, 1.165) is 31.9 Å². The Hall–Kier alpha value is -3.21. The summed E-state index contributed by atoms with van der Waals surface area (Å²) in [6.45, 7) is 7.69. The first-order valence-corrected chi connectivity index (χ1v) is 12.5. The van der Waals surface area contributed by atoms with E-state index >= 15 is 0 Å². The molecule has 0 aromatic carbocycles. The highest BCUT2D eigenvalue weighted by Crippen LogP contribution is 2.32. The Kier molecular flexibility index (Phi) is 9.47. The number of nitrogens with zero attached hydrogens (tertiary/aromatic N) is 3. The van der Waals surface area contributed by atoms with Crippen molar-refractivity contribution in [3.8, 4) is 5.88 Å². The highest BCUT2D eigenvalue weighted by Gasteiger charge is 2.34. The van der Waals surface area contributed by atoms with Gasteiger partial charge in [0.05, 0.1) is 31.8 Å². The van der Waals surface area contributed by atoms with Crippen molar-refractivity contribution in [2.45, 2.75) is 71.1 Å². The summed E-state index contributed by atoms with van der Waals surface area (Å²) in [6, 6.07) is 0.0117. The van der Waals surface area contributed by atoms with Crippen LogP contribution in [0.15, 0.2) is 24.7 Å². The van der Waals surface area contributed by atoms with Gasteiger partial charge in [0.25, 0.3) is 0 Å². The number of carbonyl (C=O) groups excluding carboxylic acids is 2. The van der Waals surface area contributed by atoms with Gasteiger partial charge in [-0.1, -0.05) is 19.8 Å². The third-order valence-electron chi connectivity index (χ3n) is 6.40. The Labute approximate surface area is 217 Å². The van der Waals surface area contributed by atoms with Gasteiger partial charge in [-0.3, -0.25) is 9.48 Å². The van der Waals surface area contributed by atoms with Crippen LogP contribution < -0.4 is 15.4 Å². The maximum Gasteiger partial charge on any atom is 0.408 e. The smallest absolute Gasteiger partial charge is 0.408 e. The number of aromatic nitrogens is 3. The normalized spacial score (nSPS) is 19.5. The lowest BCUT2D eigenvalue weighted by Gasteiger charge is -2.32. The van der Waals surface area contributed by atoms with Crippen LogP contribution in [0.5, 0.6) is 5.88 Å². The molecule has 2 atom stereocenters. The van der Waals surface area contributed by atoms with Crippen molar-refractivity contribution >= 4 is 17.7 Å². The van der Waals surface area contributed by atoms with Crippen molar-refractivity contribution in [2.24, 2.45) is 11.8 Å². The van der Waals surface area contributed by atoms with Crippen LogP contribution in [0, 0.1) is 17.7 Å². The molecule has 1 aliphatic rings. The average Bonchev–Trinajstić information content (AvgIpc) is 3.28. The third kappa shape index (κ3) is 7.88. The molecule has 0 spiro atoms. The number of alkyl carbamates (subject to hydrolysis) is 1. The number of halogens is 1. The second-order valence-electron chi connectivity index (χ2n) is 10.6. The van der Waals surface area contributed by atoms with E-state index in [4.69, 9.17) is 14.2 Å². The molecule has 37 heavy (non-hydrogen) atoms. The van der Waals surface area contributed by atoms with Gasteiger partial charge in [-0.05, 0) is 51.5 Å². The molecule has 11 heteroatoms. The molecular formula is C26H38FN5O5. The number of amides is 2. The fraction of sp³-hybridized carbons (Fsp3) is 0.615. The van der Waals surface area contributed by atoms with Crippen LogP contribution in [0.2, 0.25) is 0 Å². The van der Waals surface area contributed by atoms with Gasteiger partial charge in [-0.25, -0.2) is 14.2 Å². The van der Waals surface area contributed by atoms with Crippen LogP contribution in [0.4, 0.5) is 14.9 Å². The second kappa shape index (κ2) is 12.4. The topological polar surface area (TPSA) is 117 Å². The minimum Gasteiger partial charge on any atom is -0.481 e. The molecule has 3 rings (SSSR count). The van der Waals surface area contributed by atoms with Crippen LogP contribution >= 0.6 is 0 Å². The van der Waals surface area contributed by atoms with Gasteiger partial charge < -0.3 is 24.8 Å². The van der Waals surface area contributed by atoms with Crippen molar-refractivity contribution in [3.05, 3.63) is 36.0 Å². The molecule has 1 aliphatic carbocycles. The van der Waals surface area contributed by atoms with Crippen molar-refractivity contribution < 1.29 is 28.2 Å². The Bertz CT molecular complexity index is 1060. The summed E-state index contributed by atoms with van der Waals surface area (Å²) in [6.07, 6.45) is 7.20. The summed E-state index contributed by atoms with van der Waals surface area (Å²) in [4.78, 5) is 29.9. The average molecular weight is 520 g/mol. The molecule has 10 nitrogen and oxygen atoms in total. The summed E-state index contributed by atoms with van der Waals surface area (Å²) >= 11 is 0. The van der Waals surface area contributed by atoms with E-state index in [1.807, 2.05) is 0 Å². The van der Waals surface area contributed by atoms with E-state index in [9.17, 15) is 14.0 Å². The molecule has 1 saturated carbocycles. The predicted octanol–water partition coefficient (Wildman–Crippen LogP) is 4.32. The van der Waals surface area contributed by atoms with Gasteiger partial charge in [0.1, 0.15) is 23.5 Å². The van der Waals surface area contributed by atoms with E-state index in [1.165, 1.54) is 26.5 Å². The highest BCUT2D eigenvalue weighted by molar-refractivity contribution is 5.96. The predicted molar refractivity (Wildman–Crippen MR) is 136 cm³/mol. The monoisotopic (exact) mass is 519 g/mol. The minimum atomic E-state index is -0.756. The number of ether oxygens (including phenoxy) is 3. The Balaban J connectivity index is 1.80. The number of hydrogen-bond acceptors (Lipinski definition) is 7. The lowest BCUT2D eigenvalue weighted by atomic mass is 9.79. The fourth-order valence-corrected chi connectivity index (χ4v) is 4.56. The van der Waals surface area contributed by atoms with Gasteiger partial charge in [0.2, 0.25) is 11.8 Å². The van der Waals surface area contributed by atoms with E-state index in [1.54, 1.807) is 31.6 Å². The Morgan fingerprint density at radius 3 is 2.51 bits per heavy atom. The summed E-state index contributed by atoms with van der Waals surface area (Å²) in [5.74, 6) is -0.0410. The SMILES string of the molecule is COCC(c1cc(F)cnc1OC)n1cc(NC(=O)[C@@H](NC(=O)OC(C)(C)C)C2CCC(C)CC2)cn1. The zero-order valence-corrected chi connectivity index (χ0v) is 22.4. The number of nitrogens with one attached hydrogen (secondary N) is 2. The highest BCUT2D eigenvalue weighted by atomic mass is 19.1. The molecule has 0 bridgehead atoms. The summed E-state index contributed by atoms with van der Waals surface area (Å²) in [5, 5.41) is 10.0. The van der Waals surface area contributed by atoms with Gasteiger partial charge in [0, 0.05) is 18.9 Å². The van der Waals surface area contributed by atoms with E-state index in [2.05, 4.69) is 27.6 Å². The van der Waals surface area contributed by atoms with Crippen LogP contribution in [0.1, 0.15) is 65.0 Å². The van der Waals surface area contributed by atoms with E-state index in [0.29, 0.717) is 17.2 Å². The molecule has 0 saturated heterocycles. The summed E-state index contributed by atoms with van der Waals surface area (Å²) < 4.78 is 31.6. The molecule has 1 fully saturated rings. The molecule has 2 heterocycles. The first kappa shape index (κ1) is 28.4. The summed E-state index contributed by atoms with van der Waals surface area (Å²) in [7, 11) is 2.97. The van der Waals surface area contributed by atoms with Crippen LogP contribution in [-0.4, -0.2) is 59.2 Å². The Morgan fingerprint density at radius 1 is 1.19 bits per heavy atom. The molecular weight excluding hydrogens is 481 g/mol. The standard InChI is InChI=1S/C26H38FN5O5/c1-16-7-9-17(10-8-16)22(31-25(34)37-26(2,3)4)23(33)30-19-13-29-32(14-19)21(15-35-5)20-11-18(27)12-28-24(20)36-6/h11-14,16-17,21-22H,7-10,15H2,1-6H3,(H,30,33)(H,31,34)/t16?,17?,21?,22-/m0/s1. The van der Waals surface area contributed by atoms with Crippen LogP contribution in [0.3, 0.4) is 0 Å². The maximum absolute atomic E-state index is 14.0. The van der Waals surface area contributed by atoms with E-state index < -0.39 is 29.6 Å². The van der Waals surface area contributed by atoms with Crippen molar-refractivity contribution in [3.63, 3.8) is 0 Å². The summed E-state index contributed by atoms with van der Waals surface area (Å²) in [5.41, 5.74) is 0.192. The number of anilines is 1. The zero-order chi connectivity index (χ0) is 27.2. The molecule has 1 unspecified atom stereocenters. The molecule has 204 valence electrons. The molecule has 0 aliphatic heterocycles. The minimum absolute atomic E-state index is 0.0115. The number of rotatable bonds is 9. The third-order valence-corrected chi connectivity index (χ3v) is 6.40. The number of pyridine rings is 1. The van der Waals surface area contributed by atoms with Crippen LogP contribution in [-0.2, 0) is 14.3 Å². The quantitative estimate of drug-likeness (QED) is 0.507. The lowest BCUT2D eigenvalue weighted by Crippen LogP contribution is -2.50. The number of hydrogen-bond donors (Lipinski definition) is 2. The van der Waals surface area contributed by atoms with Crippen LogP contribution in [0.25, 0.3) is 0 Å². The number of carbonyl (C=O) groups is 2. The molecule has 2 amide bonds. The Morgan fingerprint density at radius 2 is 1.89 bits per heavy atom. The lowest BCUT2D eigenvalue weighted by molar-refractivity contribution is -0.119. The molecule has 2 aromatic rings. The largest absolute Gasteiger partial charge is 0.481 e.